The van der Waals surface area contributed by atoms with Crippen molar-refractivity contribution in [3.8, 4) is 0 Å². The predicted molar refractivity (Wildman–Crippen MR) is 75.9 cm³/mol. The fourth-order valence-electron chi connectivity index (χ4n) is 2.32. The summed E-state index contributed by atoms with van der Waals surface area (Å²) in [5.41, 5.74) is 0.427. The predicted octanol–water partition coefficient (Wildman–Crippen LogP) is 4.18. The van der Waals surface area contributed by atoms with Gasteiger partial charge in [-0.2, -0.15) is 0 Å². The second-order valence-electron chi connectivity index (χ2n) is 5.18. The Balaban J connectivity index is 0.00000180. The van der Waals surface area contributed by atoms with Gasteiger partial charge in [0.05, 0.1) is 5.92 Å². The topological polar surface area (TPSA) is 37.3 Å². The highest BCUT2D eigenvalue weighted by Gasteiger charge is 2.61. The van der Waals surface area contributed by atoms with E-state index in [1.54, 1.807) is 18.2 Å². The zero-order valence-electron chi connectivity index (χ0n) is 10.6. The van der Waals surface area contributed by atoms with Crippen LogP contribution in [-0.2, 0) is 4.79 Å². The second kappa shape index (κ2) is 5.51. The lowest BCUT2D eigenvalue weighted by Gasteiger charge is -2.00. The normalized spacial score (nSPS) is 24.5. The lowest BCUT2D eigenvalue weighted by molar-refractivity contribution is -0.139. The number of rotatable bonds is 3. The van der Waals surface area contributed by atoms with Gasteiger partial charge in [-0.25, -0.2) is 4.39 Å². The first kappa shape index (κ1) is 16.0. The van der Waals surface area contributed by atoms with E-state index in [4.69, 9.17) is 16.7 Å². The first-order valence-corrected chi connectivity index (χ1v) is 6.08. The molecule has 0 radical (unpaired) electrons. The summed E-state index contributed by atoms with van der Waals surface area (Å²) in [7, 11) is 0. The largest absolute Gasteiger partial charge is 0.481 e. The van der Waals surface area contributed by atoms with Gasteiger partial charge in [0, 0.05) is 5.03 Å². The fourth-order valence-corrected chi connectivity index (χ4v) is 2.59. The molecule has 104 valence electrons. The zero-order valence-corrected chi connectivity index (χ0v) is 12.1. The van der Waals surface area contributed by atoms with Crippen LogP contribution in [0, 0.1) is 23.1 Å². The van der Waals surface area contributed by atoms with Gasteiger partial charge in [-0.05, 0) is 29.0 Å². The first-order chi connectivity index (χ1) is 8.34. The minimum Gasteiger partial charge on any atom is -0.481 e. The Morgan fingerprint density at radius 2 is 1.89 bits per heavy atom. The highest BCUT2D eigenvalue weighted by molar-refractivity contribution is 6.48. The van der Waals surface area contributed by atoms with E-state index in [0.29, 0.717) is 10.6 Å². The molecule has 1 aromatic carbocycles. The van der Waals surface area contributed by atoms with Crippen LogP contribution in [0.2, 0.25) is 0 Å². The van der Waals surface area contributed by atoms with Gasteiger partial charge in [-0.1, -0.05) is 43.7 Å². The van der Waals surface area contributed by atoms with Gasteiger partial charge in [0.1, 0.15) is 5.82 Å². The van der Waals surface area contributed by atoms with Crippen molar-refractivity contribution in [1.82, 2.24) is 0 Å². The fraction of sp³-hybridized carbons (Fsp3) is 0.357. The smallest absolute Gasteiger partial charge is 0.307 e. The highest BCUT2D eigenvalue weighted by atomic mass is 35.5. The molecule has 0 amide bonds. The molecule has 0 aromatic heterocycles. The van der Waals surface area contributed by atoms with Crippen molar-refractivity contribution in [2.24, 2.45) is 17.3 Å². The van der Waals surface area contributed by atoms with Gasteiger partial charge in [0.2, 0.25) is 0 Å². The molecule has 1 aliphatic rings. The summed E-state index contributed by atoms with van der Waals surface area (Å²) in [5.74, 6) is -1.59. The van der Waals surface area contributed by atoms with E-state index in [1.165, 1.54) is 12.1 Å². The van der Waals surface area contributed by atoms with E-state index < -0.39 is 11.9 Å². The van der Waals surface area contributed by atoms with Crippen molar-refractivity contribution in [2.75, 3.05) is 0 Å². The molecule has 2 rings (SSSR count). The highest BCUT2D eigenvalue weighted by Crippen LogP contribution is 2.59. The molecule has 0 spiro atoms. The molecule has 1 aromatic rings. The summed E-state index contributed by atoms with van der Waals surface area (Å²) >= 11 is 6.14. The number of carboxylic acids is 1. The SMILES string of the molecule is CC1(C)C(C=C(Cl)c2ccc(F)cc2)C1C(=O)O.Cl. The van der Waals surface area contributed by atoms with Crippen LogP contribution in [0.1, 0.15) is 19.4 Å². The van der Waals surface area contributed by atoms with Crippen LogP contribution in [0.25, 0.3) is 5.03 Å². The Bertz CT molecular complexity index is 509. The van der Waals surface area contributed by atoms with Gasteiger partial charge in [0.15, 0.2) is 0 Å². The zero-order chi connectivity index (χ0) is 13.5. The molecule has 1 aliphatic carbocycles. The number of halogens is 3. The molecular formula is C14H15Cl2FO2. The minimum absolute atomic E-state index is 0. The molecular weight excluding hydrogens is 290 g/mol. The Kier molecular flexibility index (Phi) is 4.64. The molecule has 0 aliphatic heterocycles. The summed E-state index contributed by atoms with van der Waals surface area (Å²) in [6.07, 6.45) is 1.76. The monoisotopic (exact) mass is 304 g/mol. The maximum absolute atomic E-state index is 12.8. The van der Waals surface area contributed by atoms with Crippen molar-refractivity contribution in [1.29, 1.82) is 0 Å². The molecule has 19 heavy (non-hydrogen) atoms. The number of allylic oxidation sites excluding steroid dienone is 1. The van der Waals surface area contributed by atoms with E-state index >= 15 is 0 Å². The van der Waals surface area contributed by atoms with Crippen molar-refractivity contribution in [3.05, 3.63) is 41.7 Å². The molecule has 0 bridgehead atoms. The number of hydrogen-bond acceptors (Lipinski definition) is 1. The third-order valence-corrected chi connectivity index (χ3v) is 3.97. The molecule has 2 atom stereocenters. The maximum atomic E-state index is 12.8. The van der Waals surface area contributed by atoms with Gasteiger partial charge >= 0.3 is 5.97 Å². The van der Waals surface area contributed by atoms with Crippen LogP contribution in [0.5, 0.6) is 0 Å². The van der Waals surface area contributed by atoms with Crippen LogP contribution in [0.4, 0.5) is 4.39 Å². The number of hydrogen-bond donors (Lipinski definition) is 1. The molecule has 1 saturated carbocycles. The number of aliphatic carboxylic acids is 1. The lowest BCUT2D eigenvalue weighted by atomic mass is 10.1. The second-order valence-corrected chi connectivity index (χ2v) is 5.59. The van der Waals surface area contributed by atoms with Gasteiger partial charge < -0.3 is 5.11 Å². The molecule has 2 unspecified atom stereocenters. The lowest BCUT2D eigenvalue weighted by Crippen LogP contribution is -2.03. The summed E-state index contributed by atoms with van der Waals surface area (Å²) in [4.78, 5) is 11.0. The summed E-state index contributed by atoms with van der Waals surface area (Å²) in [6.45, 7) is 3.81. The Hall–Kier alpha value is -1.06. The Labute approximate surface area is 122 Å². The van der Waals surface area contributed by atoms with Crippen LogP contribution in [-0.4, -0.2) is 11.1 Å². The first-order valence-electron chi connectivity index (χ1n) is 5.70. The summed E-state index contributed by atoms with van der Waals surface area (Å²) < 4.78 is 12.8. The van der Waals surface area contributed by atoms with Crippen LogP contribution >= 0.6 is 24.0 Å². The quantitative estimate of drug-likeness (QED) is 0.909. The van der Waals surface area contributed by atoms with Crippen molar-refractivity contribution < 1.29 is 14.3 Å². The van der Waals surface area contributed by atoms with Crippen LogP contribution in [0.15, 0.2) is 30.3 Å². The summed E-state index contributed by atoms with van der Waals surface area (Å²) in [6, 6.07) is 5.83. The van der Waals surface area contributed by atoms with E-state index in [-0.39, 0.29) is 29.6 Å². The van der Waals surface area contributed by atoms with Crippen LogP contribution in [0.3, 0.4) is 0 Å². The molecule has 5 heteroatoms. The van der Waals surface area contributed by atoms with Crippen molar-refractivity contribution >= 4 is 35.0 Å². The molecule has 1 fully saturated rings. The van der Waals surface area contributed by atoms with Gasteiger partial charge in [-0.15, -0.1) is 12.4 Å². The number of carboxylic acid groups (broad SMARTS) is 1. The minimum atomic E-state index is -0.801. The van der Waals surface area contributed by atoms with E-state index in [0.717, 1.165) is 0 Å². The summed E-state index contributed by atoms with van der Waals surface area (Å²) in [5, 5.41) is 9.53. The maximum Gasteiger partial charge on any atom is 0.307 e. The van der Waals surface area contributed by atoms with E-state index in [9.17, 15) is 9.18 Å². The van der Waals surface area contributed by atoms with Crippen molar-refractivity contribution in [3.63, 3.8) is 0 Å². The molecule has 1 N–H and O–H groups in total. The standard InChI is InChI=1S/C14H14ClFO2.ClH/c1-14(2)10(12(14)13(17)18)7-11(15)8-3-5-9(16)6-4-8;/h3-7,10,12H,1-2H3,(H,17,18);1H. The molecule has 0 heterocycles. The third kappa shape index (κ3) is 3.10. The van der Waals surface area contributed by atoms with E-state index in [1.807, 2.05) is 13.8 Å². The molecule has 2 nitrogen and oxygen atoms in total. The number of carbonyl (C=O) groups is 1. The van der Waals surface area contributed by atoms with Crippen molar-refractivity contribution in [2.45, 2.75) is 13.8 Å². The average molecular weight is 305 g/mol. The third-order valence-electron chi connectivity index (χ3n) is 3.62. The number of benzene rings is 1. The van der Waals surface area contributed by atoms with Gasteiger partial charge in [-0.3, -0.25) is 4.79 Å². The van der Waals surface area contributed by atoms with E-state index in [2.05, 4.69) is 0 Å². The Morgan fingerprint density at radius 1 is 1.37 bits per heavy atom. The van der Waals surface area contributed by atoms with Gasteiger partial charge in [0.25, 0.3) is 0 Å². The Morgan fingerprint density at radius 3 is 2.32 bits per heavy atom. The average Bonchev–Trinajstić information content (AvgIpc) is 2.81. The van der Waals surface area contributed by atoms with Crippen LogP contribution < -0.4 is 0 Å². The molecule has 0 saturated heterocycles.